The predicted octanol–water partition coefficient (Wildman–Crippen LogP) is 3.97. The van der Waals surface area contributed by atoms with Crippen molar-refractivity contribution in [1.29, 1.82) is 0 Å². The molecule has 2 aliphatic rings. The van der Waals surface area contributed by atoms with Crippen molar-refractivity contribution < 1.29 is 14.3 Å². The fourth-order valence-corrected chi connectivity index (χ4v) is 4.68. The molecule has 6 nitrogen and oxygen atoms in total. The third kappa shape index (κ3) is 5.18. The number of carbonyl (C=O) groups excluding carboxylic acids is 1. The quantitative estimate of drug-likeness (QED) is 0.696. The Hall–Kier alpha value is -2.60. The van der Waals surface area contributed by atoms with E-state index in [4.69, 9.17) is 9.47 Å². The van der Waals surface area contributed by atoms with E-state index in [1.807, 2.05) is 30.5 Å². The van der Waals surface area contributed by atoms with Crippen LogP contribution in [0.4, 0.5) is 0 Å². The van der Waals surface area contributed by atoms with Crippen molar-refractivity contribution in [3.05, 3.63) is 53.9 Å². The molecule has 1 saturated heterocycles. The molecule has 166 valence electrons. The number of hydrogen-bond donors (Lipinski definition) is 1. The third-order valence-electron chi connectivity index (χ3n) is 6.65. The zero-order chi connectivity index (χ0) is 21.6. The number of rotatable bonds is 8. The number of piperidine rings is 1. The van der Waals surface area contributed by atoms with Crippen LogP contribution >= 0.6 is 0 Å². The number of benzene rings is 1. The van der Waals surface area contributed by atoms with Crippen LogP contribution in [0.25, 0.3) is 0 Å². The summed E-state index contributed by atoms with van der Waals surface area (Å²) in [6.45, 7) is 2.83. The van der Waals surface area contributed by atoms with Crippen molar-refractivity contribution in [2.75, 3.05) is 27.3 Å². The fourth-order valence-electron chi connectivity index (χ4n) is 4.68. The Morgan fingerprint density at radius 2 is 1.97 bits per heavy atom. The van der Waals surface area contributed by atoms with Gasteiger partial charge < -0.3 is 14.8 Å². The molecule has 4 rings (SSSR count). The van der Waals surface area contributed by atoms with Gasteiger partial charge in [-0.2, -0.15) is 0 Å². The highest BCUT2D eigenvalue weighted by Gasteiger charge is 2.33. The Bertz CT molecular complexity index is 870. The second-order valence-corrected chi connectivity index (χ2v) is 8.70. The molecule has 0 radical (unpaired) electrons. The van der Waals surface area contributed by atoms with Crippen LogP contribution in [0.1, 0.15) is 49.4 Å². The molecule has 2 fully saturated rings. The predicted molar refractivity (Wildman–Crippen MR) is 120 cm³/mol. The van der Waals surface area contributed by atoms with Gasteiger partial charge in [-0.15, -0.1) is 0 Å². The first-order valence-corrected chi connectivity index (χ1v) is 11.3. The first-order valence-electron chi connectivity index (χ1n) is 11.3. The van der Waals surface area contributed by atoms with E-state index in [0.717, 1.165) is 68.9 Å². The number of ether oxygens (including phenoxy) is 2. The molecule has 1 aromatic carbocycles. The lowest BCUT2D eigenvalue weighted by Gasteiger charge is -2.38. The summed E-state index contributed by atoms with van der Waals surface area (Å²) < 4.78 is 10.8. The summed E-state index contributed by atoms with van der Waals surface area (Å²) in [6, 6.07) is 12.1. The van der Waals surface area contributed by atoms with Gasteiger partial charge in [-0.1, -0.05) is 18.6 Å². The molecule has 1 aliphatic heterocycles. The first-order chi connectivity index (χ1) is 15.2. The number of hydrogen-bond acceptors (Lipinski definition) is 5. The van der Waals surface area contributed by atoms with Crippen LogP contribution < -0.4 is 14.8 Å². The maximum absolute atomic E-state index is 12.8. The van der Waals surface area contributed by atoms with Gasteiger partial charge in [-0.3, -0.25) is 14.7 Å². The lowest BCUT2D eigenvalue weighted by atomic mass is 9.83. The van der Waals surface area contributed by atoms with Crippen molar-refractivity contribution in [3.63, 3.8) is 0 Å². The summed E-state index contributed by atoms with van der Waals surface area (Å²) in [5.41, 5.74) is 2.17. The standard InChI is InChI=1S/C25H33N3O3/c1-30-22-12-11-18(15-23(22)31-2)16-28-14-6-9-20(17-28)24(21-10-3-4-13-26-21)27-25(29)19-7-5-8-19/h3-4,10-13,15,19-20,24H,5-9,14,16-17H2,1-2H3,(H,27,29)/t20-,24-/m0/s1. The van der Waals surface area contributed by atoms with Crippen LogP contribution in [0.3, 0.4) is 0 Å². The van der Waals surface area contributed by atoms with Gasteiger partial charge >= 0.3 is 0 Å². The molecule has 2 atom stereocenters. The topological polar surface area (TPSA) is 63.7 Å². The highest BCUT2D eigenvalue weighted by atomic mass is 16.5. The number of methoxy groups -OCH3 is 2. The smallest absolute Gasteiger partial charge is 0.223 e. The molecule has 1 amide bonds. The minimum atomic E-state index is -0.0393. The van der Waals surface area contributed by atoms with Gasteiger partial charge in [0.2, 0.25) is 5.91 Å². The Labute approximate surface area is 185 Å². The molecule has 6 heteroatoms. The highest BCUT2D eigenvalue weighted by Crippen LogP contribution is 2.33. The highest BCUT2D eigenvalue weighted by molar-refractivity contribution is 5.79. The molecule has 31 heavy (non-hydrogen) atoms. The van der Waals surface area contributed by atoms with Crippen molar-refractivity contribution >= 4 is 5.91 Å². The minimum absolute atomic E-state index is 0.0393. The largest absolute Gasteiger partial charge is 0.493 e. The molecule has 1 aromatic heterocycles. The summed E-state index contributed by atoms with van der Waals surface area (Å²) in [5, 5.41) is 3.36. The lowest BCUT2D eigenvalue weighted by molar-refractivity contribution is -0.128. The molecule has 1 N–H and O–H groups in total. The van der Waals surface area contributed by atoms with Crippen molar-refractivity contribution in [3.8, 4) is 11.5 Å². The van der Waals surface area contributed by atoms with Gasteiger partial charge in [0.1, 0.15) is 0 Å². The molecule has 2 aromatic rings. The van der Waals surface area contributed by atoms with E-state index >= 15 is 0 Å². The Balaban J connectivity index is 1.47. The number of aromatic nitrogens is 1. The SMILES string of the molecule is COc1ccc(CN2CCC[C@H]([C@H](NC(=O)C3CCC3)c3ccccn3)C2)cc1OC. The van der Waals surface area contributed by atoms with Gasteiger partial charge in [0.05, 0.1) is 26.0 Å². The first kappa shape index (κ1) is 21.6. The maximum atomic E-state index is 12.8. The van der Waals surface area contributed by atoms with Crippen molar-refractivity contribution in [2.24, 2.45) is 11.8 Å². The Kier molecular flexibility index (Phi) is 7.07. The van der Waals surface area contributed by atoms with E-state index in [9.17, 15) is 4.79 Å². The van der Waals surface area contributed by atoms with Crippen LogP contribution in [0, 0.1) is 11.8 Å². The average Bonchev–Trinajstić information content (AvgIpc) is 2.77. The molecule has 2 heterocycles. The molecule has 1 aliphatic carbocycles. The van der Waals surface area contributed by atoms with Crippen LogP contribution in [0.5, 0.6) is 11.5 Å². The van der Waals surface area contributed by atoms with Gasteiger partial charge in [0, 0.05) is 25.2 Å². The van der Waals surface area contributed by atoms with E-state index in [0.29, 0.717) is 5.92 Å². The van der Waals surface area contributed by atoms with Crippen LogP contribution in [0.15, 0.2) is 42.6 Å². The normalized spacial score (nSPS) is 20.5. The molecule has 0 unspecified atom stereocenters. The second-order valence-electron chi connectivity index (χ2n) is 8.70. The summed E-state index contributed by atoms with van der Waals surface area (Å²) in [5.74, 6) is 2.22. The molecule has 0 bridgehead atoms. The van der Waals surface area contributed by atoms with E-state index in [-0.39, 0.29) is 17.9 Å². The number of carbonyl (C=O) groups is 1. The zero-order valence-electron chi connectivity index (χ0n) is 18.5. The van der Waals surface area contributed by atoms with E-state index in [1.165, 1.54) is 5.56 Å². The minimum Gasteiger partial charge on any atom is -0.493 e. The monoisotopic (exact) mass is 423 g/mol. The fraction of sp³-hybridized carbons (Fsp3) is 0.520. The van der Waals surface area contributed by atoms with Gasteiger partial charge in [-0.05, 0) is 68.0 Å². The van der Waals surface area contributed by atoms with Crippen LogP contribution in [0.2, 0.25) is 0 Å². The van der Waals surface area contributed by atoms with Crippen molar-refractivity contribution in [1.82, 2.24) is 15.2 Å². The van der Waals surface area contributed by atoms with Crippen LogP contribution in [-0.4, -0.2) is 43.1 Å². The summed E-state index contributed by atoms with van der Waals surface area (Å²) in [4.78, 5) is 19.8. The van der Waals surface area contributed by atoms with E-state index in [1.54, 1.807) is 14.2 Å². The van der Waals surface area contributed by atoms with Crippen LogP contribution in [-0.2, 0) is 11.3 Å². The van der Waals surface area contributed by atoms with Gasteiger partial charge in [0.25, 0.3) is 0 Å². The second kappa shape index (κ2) is 10.1. The molecular weight excluding hydrogens is 390 g/mol. The Morgan fingerprint density at radius 1 is 1.13 bits per heavy atom. The number of likely N-dealkylation sites (tertiary alicyclic amines) is 1. The molecular formula is C25H33N3O3. The Morgan fingerprint density at radius 3 is 2.65 bits per heavy atom. The van der Waals surface area contributed by atoms with Gasteiger partial charge in [0.15, 0.2) is 11.5 Å². The third-order valence-corrected chi connectivity index (χ3v) is 6.65. The maximum Gasteiger partial charge on any atom is 0.223 e. The zero-order valence-corrected chi connectivity index (χ0v) is 18.5. The number of nitrogens with zero attached hydrogens (tertiary/aromatic N) is 2. The number of pyridine rings is 1. The molecule has 1 saturated carbocycles. The number of amides is 1. The summed E-state index contributed by atoms with van der Waals surface area (Å²) in [6.07, 6.45) is 7.21. The van der Waals surface area contributed by atoms with E-state index < -0.39 is 0 Å². The number of nitrogens with one attached hydrogen (secondary N) is 1. The van der Waals surface area contributed by atoms with Gasteiger partial charge in [-0.25, -0.2) is 0 Å². The van der Waals surface area contributed by atoms with E-state index in [2.05, 4.69) is 27.3 Å². The summed E-state index contributed by atoms with van der Waals surface area (Å²) >= 11 is 0. The molecule has 0 spiro atoms. The lowest BCUT2D eigenvalue weighted by Crippen LogP contribution is -2.45. The van der Waals surface area contributed by atoms with Crippen molar-refractivity contribution in [2.45, 2.75) is 44.7 Å². The average molecular weight is 424 g/mol. The summed E-state index contributed by atoms with van der Waals surface area (Å²) in [7, 11) is 3.32.